The molecule has 0 amide bonds. The fourth-order valence-corrected chi connectivity index (χ4v) is 5.81. The number of pyridine rings is 2. The molecule has 8 aromatic rings. The second-order valence-corrected chi connectivity index (χ2v) is 10.7. The van der Waals surface area contributed by atoms with Crippen molar-refractivity contribution >= 4 is 5.65 Å². The molecular weight excluding hydrogens is 550 g/mol. The van der Waals surface area contributed by atoms with Crippen LogP contribution < -0.4 is 0 Å². The first-order valence-electron chi connectivity index (χ1n) is 14.9. The van der Waals surface area contributed by atoms with Crippen LogP contribution in [0.1, 0.15) is 0 Å². The van der Waals surface area contributed by atoms with E-state index >= 15 is 0 Å². The fraction of sp³-hybridized carbons (Fsp3) is 0. The molecule has 4 heterocycles. The molecule has 0 aliphatic carbocycles. The lowest BCUT2D eigenvalue weighted by Gasteiger charge is -2.17. The van der Waals surface area contributed by atoms with Gasteiger partial charge in [0, 0.05) is 40.2 Å². The molecule has 0 bridgehead atoms. The van der Waals surface area contributed by atoms with Gasteiger partial charge in [-0.25, -0.2) is 15.0 Å². The van der Waals surface area contributed by atoms with Gasteiger partial charge in [-0.15, -0.1) is 0 Å². The van der Waals surface area contributed by atoms with Crippen molar-refractivity contribution in [1.29, 1.82) is 0 Å². The van der Waals surface area contributed by atoms with Gasteiger partial charge in [0.15, 0.2) is 5.82 Å². The lowest BCUT2D eigenvalue weighted by molar-refractivity contribution is 1.18. The number of nitrogens with zero attached hydrogens (tertiary/aromatic N) is 5. The van der Waals surface area contributed by atoms with E-state index in [0.29, 0.717) is 5.82 Å². The first-order valence-corrected chi connectivity index (χ1v) is 14.9. The molecule has 212 valence electrons. The second-order valence-electron chi connectivity index (χ2n) is 10.7. The number of hydrogen-bond donors (Lipinski definition) is 0. The number of fused-ring (bicyclic) bond motifs is 1. The monoisotopic (exact) mass is 577 g/mol. The SMILES string of the molecule is c1ccc(-c2nc(-c3ccccc3)c(-c3ccc(-c4c(-c5ccccn5)nc5ccccn45)cc3)c(-c3ccccc3)n2)cc1. The first-order chi connectivity index (χ1) is 22.3. The highest BCUT2D eigenvalue weighted by Crippen LogP contribution is 2.41. The van der Waals surface area contributed by atoms with Crippen molar-refractivity contribution in [2.45, 2.75) is 0 Å². The predicted octanol–water partition coefficient (Wildman–Crippen LogP) is 9.52. The Morgan fingerprint density at radius 2 is 0.956 bits per heavy atom. The summed E-state index contributed by atoms with van der Waals surface area (Å²) in [7, 11) is 0. The summed E-state index contributed by atoms with van der Waals surface area (Å²) < 4.78 is 2.13. The van der Waals surface area contributed by atoms with Gasteiger partial charge in [0.05, 0.1) is 22.8 Å². The number of rotatable bonds is 6. The van der Waals surface area contributed by atoms with Gasteiger partial charge in [-0.05, 0) is 29.8 Å². The van der Waals surface area contributed by atoms with Gasteiger partial charge >= 0.3 is 0 Å². The zero-order chi connectivity index (χ0) is 30.0. The van der Waals surface area contributed by atoms with E-state index in [9.17, 15) is 0 Å². The molecule has 5 nitrogen and oxygen atoms in total. The van der Waals surface area contributed by atoms with Crippen LogP contribution in [0.4, 0.5) is 0 Å². The molecule has 4 aromatic carbocycles. The third-order valence-corrected chi connectivity index (χ3v) is 7.92. The van der Waals surface area contributed by atoms with E-state index in [1.54, 1.807) is 0 Å². The van der Waals surface area contributed by atoms with E-state index in [1.807, 2.05) is 72.9 Å². The van der Waals surface area contributed by atoms with E-state index < -0.39 is 0 Å². The molecule has 4 aromatic heterocycles. The Labute approximate surface area is 261 Å². The van der Waals surface area contributed by atoms with Crippen molar-refractivity contribution in [1.82, 2.24) is 24.3 Å². The topological polar surface area (TPSA) is 56.0 Å². The predicted molar refractivity (Wildman–Crippen MR) is 181 cm³/mol. The van der Waals surface area contributed by atoms with Crippen LogP contribution in [0, 0.1) is 0 Å². The highest BCUT2D eigenvalue weighted by molar-refractivity contribution is 5.93. The Balaban J connectivity index is 1.35. The Hall–Kier alpha value is -6.20. The fourth-order valence-electron chi connectivity index (χ4n) is 5.81. The molecule has 0 N–H and O–H groups in total. The van der Waals surface area contributed by atoms with Crippen molar-refractivity contribution < 1.29 is 0 Å². The molecule has 5 heteroatoms. The summed E-state index contributed by atoms with van der Waals surface area (Å²) in [6, 6.07) is 51.5. The van der Waals surface area contributed by atoms with Gasteiger partial charge in [-0.3, -0.25) is 9.38 Å². The zero-order valence-corrected chi connectivity index (χ0v) is 24.3. The molecule has 0 radical (unpaired) electrons. The molecule has 0 aliphatic rings. The highest BCUT2D eigenvalue weighted by atomic mass is 15.0. The van der Waals surface area contributed by atoms with Crippen LogP contribution in [-0.2, 0) is 0 Å². The minimum Gasteiger partial charge on any atom is -0.299 e. The number of aromatic nitrogens is 5. The lowest BCUT2D eigenvalue weighted by Crippen LogP contribution is -2.01. The maximum absolute atomic E-state index is 5.21. The zero-order valence-electron chi connectivity index (χ0n) is 24.3. The molecular formula is C40H27N5. The van der Waals surface area contributed by atoms with Gasteiger partial charge in [-0.2, -0.15) is 0 Å². The van der Waals surface area contributed by atoms with E-state index in [2.05, 4.69) is 101 Å². The minimum absolute atomic E-state index is 0.694. The first kappa shape index (κ1) is 26.4. The third kappa shape index (κ3) is 4.96. The summed E-state index contributed by atoms with van der Waals surface area (Å²) >= 11 is 0. The lowest BCUT2D eigenvalue weighted by atomic mass is 9.93. The summed E-state index contributed by atoms with van der Waals surface area (Å²) in [6.45, 7) is 0. The van der Waals surface area contributed by atoms with Gasteiger partial charge < -0.3 is 0 Å². The van der Waals surface area contributed by atoms with Crippen LogP contribution in [0.3, 0.4) is 0 Å². The normalized spacial score (nSPS) is 11.1. The van der Waals surface area contributed by atoms with E-state index in [1.165, 1.54) is 0 Å². The summed E-state index contributed by atoms with van der Waals surface area (Å²) in [6.07, 6.45) is 3.86. The Morgan fingerprint density at radius 1 is 0.400 bits per heavy atom. The molecule has 0 atom stereocenters. The number of imidazole rings is 1. The smallest absolute Gasteiger partial charge is 0.160 e. The molecule has 0 saturated carbocycles. The van der Waals surface area contributed by atoms with Crippen molar-refractivity contribution in [3.63, 3.8) is 0 Å². The molecule has 0 spiro atoms. The summed E-state index contributed by atoms with van der Waals surface area (Å²) in [5, 5.41) is 0. The highest BCUT2D eigenvalue weighted by Gasteiger charge is 2.21. The summed E-state index contributed by atoms with van der Waals surface area (Å²) in [4.78, 5) is 20.0. The minimum atomic E-state index is 0.694. The standard InChI is InChI=1S/C40H27N5/c1-4-14-29(15-5-1)36-35(37(30-16-6-2-7-17-30)44-40(43-36)32-18-8-3-9-19-32)28-22-24-31(25-23-28)39-38(33-20-10-12-26-41-33)42-34-21-11-13-27-45(34)39/h1-27H. The number of benzene rings is 4. The van der Waals surface area contributed by atoms with Crippen LogP contribution in [0.15, 0.2) is 164 Å². The van der Waals surface area contributed by atoms with Crippen molar-refractivity contribution in [3.05, 3.63) is 164 Å². The van der Waals surface area contributed by atoms with Crippen LogP contribution in [0.25, 0.3) is 73.3 Å². The average molecular weight is 578 g/mol. The molecule has 8 rings (SSSR count). The van der Waals surface area contributed by atoms with Crippen molar-refractivity contribution in [2.75, 3.05) is 0 Å². The van der Waals surface area contributed by atoms with Gasteiger partial charge in [0.1, 0.15) is 11.3 Å². The summed E-state index contributed by atoms with van der Waals surface area (Å²) in [5.74, 6) is 0.694. The molecule has 0 unspecified atom stereocenters. The Bertz CT molecular complexity index is 2170. The van der Waals surface area contributed by atoms with E-state index in [4.69, 9.17) is 15.0 Å². The second kappa shape index (κ2) is 11.5. The molecule has 0 aliphatic heterocycles. The van der Waals surface area contributed by atoms with Crippen LogP contribution in [0.2, 0.25) is 0 Å². The van der Waals surface area contributed by atoms with Gasteiger partial charge in [0.2, 0.25) is 0 Å². The molecule has 0 saturated heterocycles. The number of hydrogen-bond acceptors (Lipinski definition) is 4. The molecule has 0 fully saturated rings. The van der Waals surface area contributed by atoms with E-state index in [0.717, 1.165) is 67.5 Å². The third-order valence-electron chi connectivity index (χ3n) is 7.92. The largest absolute Gasteiger partial charge is 0.299 e. The van der Waals surface area contributed by atoms with Crippen LogP contribution in [-0.4, -0.2) is 24.3 Å². The van der Waals surface area contributed by atoms with Crippen molar-refractivity contribution in [3.8, 4) is 67.7 Å². The maximum Gasteiger partial charge on any atom is 0.160 e. The molecule has 45 heavy (non-hydrogen) atoms. The van der Waals surface area contributed by atoms with Crippen LogP contribution in [0.5, 0.6) is 0 Å². The van der Waals surface area contributed by atoms with Crippen LogP contribution >= 0.6 is 0 Å². The van der Waals surface area contributed by atoms with E-state index in [-0.39, 0.29) is 0 Å². The summed E-state index contributed by atoms with van der Waals surface area (Å²) in [5.41, 5.74) is 11.4. The van der Waals surface area contributed by atoms with Crippen molar-refractivity contribution in [2.24, 2.45) is 0 Å². The Morgan fingerprint density at radius 3 is 1.56 bits per heavy atom. The average Bonchev–Trinajstić information content (AvgIpc) is 3.52. The Kier molecular flexibility index (Phi) is 6.74. The van der Waals surface area contributed by atoms with Gasteiger partial charge in [0.25, 0.3) is 0 Å². The van der Waals surface area contributed by atoms with Gasteiger partial charge in [-0.1, -0.05) is 127 Å². The maximum atomic E-state index is 5.21. The quantitative estimate of drug-likeness (QED) is 0.197.